The maximum absolute atomic E-state index is 8.89. The van der Waals surface area contributed by atoms with Gasteiger partial charge in [-0.15, -0.1) is 0 Å². The molecule has 0 unspecified atom stereocenters. The predicted molar refractivity (Wildman–Crippen MR) is 52.6 cm³/mol. The van der Waals surface area contributed by atoms with Crippen LogP contribution >= 0.6 is 0 Å². The highest BCUT2D eigenvalue weighted by Crippen LogP contribution is 1.92. The molecule has 5 heteroatoms. The van der Waals surface area contributed by atoms with Crippen molar-refractivity contribution in [2.75, 3.05) is 6.61 Å². The fourth-order valence-electron chi connectivity index (χ4n) is 1.04. The van der Waals surface area contributed by atoms with Gasteiger partial charge in [0.05, 0.1) is 13.6 Å². The summed E-state index contributed by atoms with van der Waals surface area (Å²) in [5.41, 5.74) is 0. The van der Waals surface area contributed by atoms with Gasteiger partial charge in [-0.05, 0) is 19.8 Å². The first-order valence-corrected chi connectivity index (χ1v) is 4.85. The summed E-state index contributed by atoms with van der Waals surface area (Å²) in [5.74, 6) is -1.08. The number of carboxylic acid groups (broad SMARTS) is 1. The number of unbranched alkanes of at least 4 members (excludes halogenated alkanes) is 1. The highest BCUT2D eigenvalue weighted by Gasteiger charge is 1.97. The summed E-state index contributed by atoms with van der Waals surface area (Å²) in [7, 11) is 2.00. The van der Waals surface area contributed by atoms with Gasteiger partial charge in [-0.25, -0.2) is 9.13 Å². The van der Waals surface area contributed by atoms with E-state index in [-0.39, 0.29) is 0 Å². The molecule has 0 spiro atoms. The Kier molecular flexibility index (Phi) is 7.27. The van der Waals surface area contributed by atoms with Crippen LogP contribution in [0.5, 0.6) is 0 Å². The second-order valence-electron chi connectivity index (χ2n) is 3.24. The Morgan fingerprint density at radius 1 is 1.53 bits per heavy atom. The van der Waals surface area contributed by atoms with E-state index in [1.54, 1.807) is 0 Å². The molecular weight excluding hydrogens is 196 g/mol. The van der Waals surface area contributed by atoms with Crippen molar-refractivity contribution in [1.29, 1.82) is 0 Å². The van der Waals surface area contributed by atoms with Crippen LogP contribution in [0.3, 0.4) is 0 Å². The van der Waals surface area contributed by atoms with Gasteiger partial charge in [0.1, 0.15) is 12.4 Å². The molecule has 15 heavy (non-hydrogen) atoms. The summed E-state index contributed by atoms with van der Waals surface area (Å²) >= 11 is 0. The fourth-order valence-corrected chi connectivity index (χ4v) is 1.04. The zero-order chi connectivity index (χ0) is 11.7. The van der Waals surface area contributed by atoms with Crippen LogP contribution in [0.1, 0.15) is 19.8 Å². The Hall–Kier alpha value is -1.36. The molecule has 0 saturated heterocycles. The number of hydrogen-bond donors (Lipinski definition) is 1. The normalized spacial score (nSPS) is 9.27. The smallest absolute Gasteiger partial charge is 0.243 e. The number of hydrogen-bond acceptors (Lipinski definition) is 3. The number of imidazole rings is 1. The van der Waals surface area contributed by atoms with Gasteiger partial charge < -0.3 is 15.0 Å². The number of carbonyl (C=O) groups excluding carboxylic acids is 1. The van der Waals surface area contributed by atoms with Crippen molar-refractivity contribution in [1.82, 2.24) is 4.57 Å². The third kappa shape index (κ3) is 8.96. The standard InChI is InChI=1S/C8H15N2O.C2H4O2/c1-9-5-6-10(8-9)4-2-3-7-11;1-2(3)4/h5-6,8,11H,2-4,7H2,1H3;1H3,(H,3,4)/q+1;/p-1. The fraction of sp³-hybridized carbons (Fsp3) is 0.600. The molecule has 1 rings (SSSR count). The number of carboxylic acids is 1. The van der Waals surface area contributed by atoms with Crippen LogP contribution in [0.15, 0.2) is 18.7 Å². The maximum atomic E-state index is 8.89. The molecule has 0 amide bonds. The van der Waals surface area contributed by atoms with Crippen molar-refractivity contribution >= 4 is 5.97 Å². The lowest BCUT2D eigenvalue weighted by atomic mass is 10.3. The highest BCUT2D eigenvalue weighted by atomic mass is 16.4. The molecule has 0 atom stereocenters. The van der Waals surface area contributed by atoms with E-state index in [1.165, 1.54) is 0 Å². The van der Waals surface area contributed by atoms with Crippen molar-refractivity contribution in [2.24, 2.45) is 7.05 Å². The van der Waals surface area contributed by atoms with Crippen molar-refractivity contribution in [3.05, 3.63) is 18.7 Å². The summed E-state index contributed by atoms with van der Waals surface area (Å²) in [6.07, 6.45) is 8.03. The molecule has 0 aliphatic heterocycles. The molecule has 1 aromatic heterocycles. The quantitative estimate of drug-likeness (QED) is 0.508. The predicted octanol–water partition coefficient (Wildman–Crippen LogP) is -1.16. The average molecular weight is 214 g/mol. The van der Waals surface area contributed by atoms with Gasteiger partial charge in [0, 0.05) is 12.6 Å². The van der Waals surface area contributed by atoms with Crippen LogP contribution in [0, 0.1) is 0 Å². The van der Waals surface area contributed by atoms with E-state index in [4.69, 9.17) is 15.0 Å². The molecular formula is C10H18N2O3. The lowest BCUT2D eigenvalue weighted by molar-refractivity contribution is -0.671. The molecule has 0 aliphatic carbocycles. The molecule has 0 bridgehead atoms. The summed E-state index contributed by atoms with van der Waals surface area (Å²) in [6.45, 7) is 2.27. The largest absolute Gasteiger partial charge is 0.550 e. The molecule has 0 saturated carbocycles. The molecule has 1 aromatic rings. The number of aryl methyl sites for hydroxylation is 2. The van der Waals surface area contributed by atoms with E-state index in [1.807, 2.05) is 30.3 Å². The lowest BCUT2D eigenvalue weighted by Crippen LogP contribution is -2.23. The van der Waals surface area contributed by atoms with Gasteiger partial charge in [0.2, 0.25) is 6.33 Å². The number of aliphatic hydroxyl groups excluding tert-OH is 1. The van der Waals surface area contributed by atoms with E-state index in [9.17, 15) is 0 Å². The third-order valence-electron chi connectivity index (χ3n) is 1.65. The van der Waals surface area contributed by atoms with Gasteiger partial charge in [0.15, 0.2) is 0 Å². The Morgan fingerprint density at radius 2 is 2.13 bits per heavy atom. The van der Waals surface area contributed by atoms with Crippen LogP contribution in [0.4, 0.5) is 0 Å². The summed E-state index contributed by atoms with van der Waals surface area (Å²) < 4.78 is 4.13. The first-order chi connectivity index (χ1) is 7.06. The molecule has 0 aromatic carbocycles. The minimum absolute atomic E-state index is 0.299. The number of aliphatic hydroxyl groups is 1. The molecule has 0 radical (unpaired) electrons. The number of aromatic nitrogens is 2. The van der Waals surface area contributed by atoms with Crippen molar-refractivity contribution < 1.29 is 19.6 Å². The number of aliphatic carboxylic acids is 1. The SMILES string of the molecule is CC(=O)[O-].C[n+]1ccn(CCCCO)c1. The minimum atomic E-state index is -1.08. The second-order valence-corrected chi connectivity index (χ2v) is 3.24. The van der Waals surface area contributed by atoms with Crippen molar-refractivity contribution in [3.8, 4) is 0 Å². The van der Waals surface area contributed by atoms with Crippen molar-refractivity contribution in [2.45, 2.75) is 26.3 Å². The molecule has 0 fully saturated rings. The van der Waals surface area contributed by atoms with Gasteiger partial charge in [-0.1, -0.05) is 0 Å². The lowest BCUT2D eigenvalue weighted by Gasteiger charge is -1.93. The minimum Gasteiger partial charge on any atom is -0.550 e. The van der Waals surface area contributed by atoms with Gasteiger partial charge in [-0.2, -0.15) is 0 Å². The summed E-state index contributed by atoms with van der Waals surface area (Å²) in [4.78, 5) is 8.89. The van der Waals surface area contributed by atoms with Crippen LogP contribution in [0.25, 0.3) is 0 Å². The first-order valence-electron chi connectivity index (χ1n) is 4.85. The van der Waals surface area contributed by atoms with E-state index < -0.39 is 5.97 Å². The van der Waals surface area contributed by atoms with E-state index >= 15 is 0 Å². The third-order valence-corrected chi connectivity index (χ3v) is 1.65. The molecule has 86 valence electrons. The summed E-state index contributed by atoms with van der Waals surface area (Å²) in [6, 6.07) is 0. The number of rotatable bonds is 4. The van der Waals surface area contributed by atoms with Gasteiger partial charge >= 0.3 is 0 Å². The molecule has 1 N–H and O–H groups in total. The van der Waals surface area contributed by atoms with E-state index in [0.717, 1.165) is 26.3 Å². The number of nitrogens with zero attached hydrogens (tertiary/aromatic N) is 2. The zero-order valence-electron chi connectivity index (χ0n) is 9.22. The maximum Gasteiger partial charge on any atom is 0.243 e. The Labute approximate surface area is 89.6 Å². The van der Waals surface area contributed by atoms with Gasteiger partial charge in [-0.3, -0.25) is 0 Å². The Morgan fingerprint density at radius 3 is 2.53 bits per heavy atom. The van der Waals surface area contributed by atoms with Crippen LogP contribution < -0.4 is 9.67 Å². The van der Waals surface area contributed by atoms with Crippen LogP contribution in [-0.4, -0.2) is 22.2 Å². The van der Waals surface area contributed by atoms with Crippen LogP contribution in [-0.2, 0) is 18.4 Å². The molecule has 5 nitrogen and oxygen atoms in total. The van der Waals surface area contributed by atoms with Crippen LogP contribution in [0.2, 0.25) is 0 Å². The van der Waals surface area contributed by atoms with E-state index in [0.29, 0.717) is 6.61 Å². The average Bonchev–Trinajstić information content (AvgIpc) is 2.51. The monoisotopic (exact) mass is 214 g/mol. The molecule has 0 aliphatic rings. The molecule has 1 heterocycles. The zero-order valence-corrected chi connectivity index (χ0v) is 9.22. The van der Waals surface area contributed by atoms with Crippen molar-refractivity contribution in [3.63, 3.8) is 0 Å². The first kappa shape index (κ1) is 13.6. The number of carbonyl (C=O) groups is 1. The second kappa shape index (κ2) is 7.99. The van der Waals surface area contributed by atoms with E-state index in [2.05, 4.69) is 4.57 Å². The van der Waals surface area contributed by atoms with Gasteiger partial charge in [0.25, 0.3) is 0 Å². The Bertz CT molecular complexity index is 280. The highest BCUT2D eigenvalue weighted by molar-refractivity contribution is 5.60. The topological polar surface area (TPSA) is 69.2 Å². The summed E-state index contributed by atoms with van der Waals surface area (Å²) in [5, 5.41) is 17.4. The Balaban J connectivity index is 0.000000423.